The Hall–Kier alpha value is -3.56. The molecular formula is C20H13FN2O5S. The smallest absolute Gasteiger partial charge is 0.296 e. The molecule has 29 heavy (non-hydrogen) atoms. The van der Waals surface area contributed by atoms with Crippen molar-refractivity contribution in [2.45, 2.75) is 4.90 Å². The molecule has 0 amide bonds. The van der Waals surface area contributed by atoms with Gasteiger partial charge in [-0.1, -0.05) is 36.4 Å². The molecule has 1 aliphatic rings. The van der Waals surface area contributed by atoms with E-state index in [-0.39, 0.29) is 33.6 Å². The van der Waals surface area contributed by atoms with Gasteiger partial charge in [-0.2, -0.15) is 8.42 Å². The number of fused-ring (bicyclic) bond motifs is 2. The van der Waals surface area contributed by atoms with E-state index in [1.807, 2.05) is 0 Å². The van der Waals surface area contributed by atoms with Crippen molar-refractivity contribution in [3.63, 3.8) is 0 Å². The summed E-state index contributed by atoms with van der Waals surface area (Å²) in [6.45, 7) is 0. The summed E-state index contributed by atoms with van der Waals surface area (Å²) in [7, 11) is -4.83. The van der Waals surface area contributed by atoms with Crippen LogP contribution >= 0.6 is 0 Å². The number of anilines is 3. The Labute approximate surface area is 164 Å². The van der Waals surface area contributed by atoms with Crippen LogP contribution in [0.25, 0.3) is 0 Å². The number of carbonyl (C=O) groups excluding carboxylic acids is 2. The molecule has 0 bridgehead atoms. The number of hydrogen-bond acceptors (Lipinski definition) is 6. The number of nitrogen functional groups attached to an aromatic ring is 1. The predicted molar refractivity (Wildman–Crippen MR) is 104 cm³/mol. The minimum absolute atomic E-state index is 0.0557. The summed E-state index contributed by atoms with van der Waals surface area (Å²) in [6.07, 6.45) is 0. The SMILES string of the molecule is Nc1c(S(=O)(=O)O)cc(Nc2ccccc2F)c2c1C(=O)c1ccccc1C2=O. The van der Waals surface area contributed by atoms with Crippen molar-refractivity contribution >= 4 is 38.7 Å². The van der Waals surface area contributed by atoms with E-state index in [4.69, 9.17) is 5.73 Å². The van der Waals surface area contributed by atoms with E-state index in [1.54, 1.807) is 12.1 Å². The van der Waals surface area contributed by atoms with Gasteiger partial charge in [0.25, 0.3) is 10.1 Å². The number of halogens is 1. The molecule has 0 unspecified atom stereocenters. The van der Waals surface area contributed by atoms with Gasteiger partial charge in [-0.25, -0.2) is 4.39 Å². The van der Waals surface area contributed by atoms with Crippen LogP contribution in [0.2, 0.25) is 0 Å². The molecule has 4 N–H and O–H groups in total. The molecule has 7 nitrogen and oxygen atoms in total. The van der Waals surface area contributed by atoms with Crippen LogP contribution in [0.5, 0.6) is 0 Å². The number of nitrogens with two attached hydrogens (primary N) is 1. The highest BCUT2D eigenvalue weighted by Gasteiger charge is 2.36. The molecule has 1 aliphatic carbocycles. The van der Waals surface area contributed by atoms with Crippen molar-refractivity contribution in [2.24, 2.45) is 0 Å². The number of nitrogens with one attached hydrogen (secondary N) is 1. The molecule has 3 aromatic carbocycles. The number of benzene rings is 3. The van der Waals surface area contributed by atoms with Crippen molar-refractivity contribution in [1.29, 1.82) is 0 Å². The molecule has 0 atom stereocenters. The first-order chi connectivity index (χ1) is 13.7. The van der Waals surface area contributed by atoms with Crippen LogP contribution in [-0.2, 0) is 10.1 Å². The van der Waals surface area contributed by atoms with E-state index >= 15 is 0 Å². The zero-order valence-electron chi connectivity index (χ0n) is 14.6. The molecule has 0 spiro atoms. The second kappa shape index (κ2) is 6.50. The van der Waals surface area contributed by atoms with Crippen LogP contribution in [0.1, 0.15) is 31.8 Å². The molecule has 0 aromatic heterocycles. The number of carbonyl (C=O) groups is 2. The third-order valence-electron chi connectivity index (χ3n) is 4.62. The van der Waals surface area contributed by atoms with Gasteiger partial charge in [0.15, 0.2) is 11.6 Å². The molecule has 0 fully saturated rings. The van der Waals surface area contributed by atoms with Gasteiger partial charge in [-0.05, 0) is 18.2 Å². The minimum atomic E-state index is -4.83. The topological polar surface area (TPSA) is 127 Å². The summed E-state index contributed by atoms with van der Waals surface area (Å²) in [5, 5.41) is 2.64. The highest BCUT2D eigenvalue weighted by Crippen LogP contribution is 2.40. The maximum absolute atomic E-state index is 14.1. The summed E-state index contributed by atoms with van der Waals surface area (Å²) >= 11 is 0. The van der Waals surface area contributed by atoms with E-state index < -0.39 is 38.1 Å². The normalized spacial score (nSPS) is 13.0. The molecule has 0 saturated carbocycles. The Morgan fingerprint density at radius 3 is 2.00 bits per heavy atom. The third kappa shape index (κ3) is 2.96. The second-order valence-corrected chi connectivity index (χ2v) is 7.76. The quantitative estimate of drug-likeness (QED) is 0.348. The number of para-hydroxylation sites is 1. The standard InChI is InChI=1S/C20H13FN2O5S/c21-12-7-3-4-8-13(12)23-14-9-15(29(26,27)28)18(22)17-16(14)19(24)10-5-1-2-6-11(10)20(17)25/h1-9,23H,22H2,(H,26,27,28). The fourth-order valence-corrected chi connectivity index (χ4v) is 3.96. The zero-order chi connectivity index (χ0) is 20.9. The highest BCUT2D eigenvalue weighted by atomic mass is 32.2. The largest absolute Gasteiger partial charge is 0.397 e. The maximum atomic E-state index is 14.1. The van der Waals surface area contributed by atoms with Crippen LogP contribution in [0, 0.1) is 5.82 Å². The van der Waals surface area contributed by atoms with Crippen LogP contribution < -0.4 is 11.1 Å². The molecular weight excluding hydrogens is 399 g/mol. The Bertz CT molecular complexity index is 1320. The van der Waals surface area contributed by atoms with Gasteiger partial charge >= 0.3 is 0 Å². The van der Waals surface area contributed by atoms with Crippen LogP contribution in [0.4, 0.5) is 21.5 Å². The predicted octanol–water partition coefficient (Wildman–Crippen LogP) is 3.17. The summed E-state index contributed by atoms with van der Waals surface area (Å²) in [6, 6.07) is 12.4. The van der Waals surface area contributed by atoms with E-state index in [0.717, 1.165) is 12.1 Å². The monoisotopic (exact) mass is 412 g/mol. The lowest BCUT2D eigenvalue weighted by Gasteiger charge is -2.23. The Balaban J connectivity index is 2.05. The molecule has 4 rings (SSSR count). The Kier molecular flexibility index (Phi) is 4.21. The average molecular weight is 412 g/mol. The number of ketones is 2. The molecule has 0 heterocycles. The van der Waals surface area contributed by atoms with Crippen molar-refractivity contribution in [2.75, 3.05) is 11.1 Å². The molecule has 0 radical (unpaired) electrons. The van der Waals surface area contributed by atoms with Gasteiger partial charge in [0.2, 0.25) is 0 Å². The maximum Gasteiger partial charge on any atom is 0.296 e. The number of rotatable bonds is 3. The van der Waals surface area contributed by atoms with Crippen molar-refractivity contribution in [3.8, 4) is 0 Å². The Morgan fingerprint density at radius 2 is 1.41 bits per heavy atom. The van der Waals surface area contributed by atoms with E-state index in [0.29, 0.717) is 0 Å². The first-order valence-electron chi connectivity index (χ1n) is 8.34. The van der Waals surface area contributed by atoms with Gasteiger partial charge in [0, 0.05) is 11.1 Å². The lowest BCUT2D eigenvalue weighted by atomic mass is 9.82. The lowest BCUT2D eigenvalue weighted by molar-refractivity contribution is 0.0980. The fourth-order valence-electron chi connectivity index (χ4n) is 3.31. The van der Waals surface area contributed by atoms with Crippen LogP contribution in [0.15, 0.2) is 59.5 Å². The summed E-state index contributed by atoms with van der Waals surface area (Å²) < 4.78 is 47.3. The van der Waals surface area contributed by atoms with Crippen molar-refractivity contribution < 1.29 is 27.0 Å². The molecule has 0 aliphatic heterocycles. The average Bonchev–Trinajstić information content (AvgIpc) is 2.68. The zero-order valence-corrected chi connectivity index (χ0v) is 15.5. The summed E-state index contributed by atoms with van der Waals surface area (Å²) in [5.74, 6) is -1.92. The van der Waals surface area contributed by atoms with Crippen LogP contribution in [-0.4, -0.2) is 24.5 Å². The van der Waals surface area contributed by atoms with Gasteiger partial charge in [-0.3, -0.25) is 14.1 Å². The lowest BCUT2D eigenvalue weighted by Crippen LogP contribution is -2.25. The molecule has 146 valence electrons. The van der Waals surface area contributed by atoms with Crippen molar-refractivity contribution in [1.82, 2.24) is 0 Å². The van der Waals surface area contributed by atoms with E-state index in [9.17, 15) is 27.0 Å². The first-order valence-corrected chi connectivity index (χ1v) is 9.78. The van der Waals surface area contributed by atoms with E-state index in [2.05, 4.69) is 5.32 Å². The van der Waals surface area contributed by atoms with Crippen molar-refractivity contribution in [3.05, 3.63) is 82.7 Å². The van der Waals surface area contributed by atoms with Gasteiger partial charge in [0.05, 0.1) is 28.2 Å². The Morgan fingerprint density at radius 1 is 0.862 bits per heavy atom. The first kappa shape index (κ1) is 18.8. The van der Waals surface area contributed by atoms with E-state index in [1.165, 1.54) is 30.3 Å². The van der Waals surface area contributed by atoms with Gasteiger partial charge in [-0.15, -0.1) is 0 Å². The van der Waals surface area contributed by atoms with Gasteiger partial charge in [0.1, 0.15) is 10.7 Å². The molecule has 9 heteroatoms. The third-order valence-corrected chi connectivity index (χ3v) is 5.51. The number of hydrogen-bond donors (Lipinski definition) is 3. The fraction of sp³-hybridized carbons (Fsp3) is 0. The minimum Gasteiger partial charge on any atom is -0.397 e. The highest BCUT2D eigenvalue weighted by molar-refractivity contribution is 7.86. The summed E-state index contributed by atoms with van der Waals surface area (Å²) in [5.41, 5.74) is 4.73. The summed E-state index contributed by atoms with van der Waals surface area (Å²) in [4.78, 5) is 25.4. The van der Waals surface area contributed by atoms with Crippen LogP contribution in [0.3, 0.4) is 0 Å². The van der Waals surface area contributed by atoms with Gasteiger partial charge < -0.3 is 11.1 Å². The second-order valence-electron chi connectivity index (χ2n) is 6.37. The molecule has 3 aromatic rings. The molecule has 0 saturated heterocycles.